The van der Waals surface area contributed by atoms with E-state index in [1.165, 1.54) is 6.92 Å². The molecule has 0 radical (unpaired) electrons. The molecule has 2 rings (SSSR count). The zero-order valence-electron chi connectivity index (χ0n) is 14.0. The van der Waals surface area contributed by atoms with Crippen LogP contribution in [0.3, 0.4) is 0 Å². The Balaban J connectivity index is 1.74. The smallest absolute Gasteiger partial charge is 0.344 e. The highest BCUT2D eigenvalue weighted by Gasteiger charge is 2.09. The highest BCUT2D eigenvalue weighted by Crippen LogP contribution is 2.16. The van der Waals surface area contributed by atoms with E-state index < -0.39 is 18.5 Å². The number of benzene rings is 2. The van der Waals surface area contributed by atoms with E-state index in [4.69, 9.17) is 21.1 Å². The van der Waals surface area contributed by atoms with Gasteiger partial charge in [0.25, 0.3) is 5.91 Å². The van der Waals surface area contributed by atoms with E-state index in [0.29, 0.717) is 22.1 Å². The van der Waals surface area contributed by atoms with Crippen LogP contribution in [0, 0.1) is 0 Å². The molecule has 0 atom stereocenters. The molecular formula is C18H17ClN2O5. The number of rotatable bonds is 7. The number of carbonyl (C=O) groups excluding carboxylic acids is 3. The summed E-state index contributed by atoms with van der Waals surface area (Å²) < 4.78 is 10.1. The molecule has 26 heavy (non-hydrogen) atoms. The second-order valence-electron chi connectivity index (χ2n) is 5.21. The lowest BCUT2D eigenvalue weighted by atomic mass is 10.2. The fraction of sp³-hybridized carbons (Fsp3) is 0.167. The minimum Gasteiger partial charge on any atom is -0.482 e. The van der Waals surface area contributed by atoms with E-state index >= 15 is 0 Å². The third-order valence-corrected chi connectivity index (χ3v) is 3.25. The Labute approximate surface area is 155 Å². The summed E-state index contributed by atoms with van der Waals surface area (Å²) in [5, 5.41) is 5.73. The molecule has 0 aliphatic heterocycles. The quantitative estimate of drug-likeness (QED) is 0.725. The molecule has 0 unspecified atom stereocenters. The molecule has 2 amide bonds. The van der Waals surface area contributed by atoms with Gasteiger partial charge in [0, 0.05) is 23.3 Å². The number of anilines is 2. The van der Waals surface area contributed by atoms with Crippen LogP contribution in [0.5, 0.6) is 5.75 Å². The van der Waals surface area contributed by atoms with Gasteiger partial charge in [0.1, 0.15) is 5.75 Å². The van der Waals surface area contributed by atoms with Crippen molar-refractivity contribution in [3.63, 3.8) is 0 Å². The number of ether oxygens (including phenoxy) is 2. The SMILES string of the molecule is CC(=O)Nc1cccc(NC(=O)COC(=O)COc2ccc(Cl)cc2)c1. The lowest BCUT2D eigenvalue weighted by molar-refractivity contribution is -0.149. The van der Waals surface area contributed by atoms with Crippen molar-refractivity contribution in [3.8, 4) is 5.75 Å². The van der Waals surface area contributed by atoms with Crippen LogP contribution >= 0.6 is 11.6 Å². The van der Waals surface area contributed by atoms with Crippen molar-refractivity contribution in [2.24, 2.45) is 0 Å². The minimum atomic E-state index is -0.679. The predicted octanol–water partition coefficient (Wildman–Crippen LogP) is 2.86. The van der Waals surface area contributed by atoms with Crippen molar-refractivity contribution in [3.05, 3.63) is 53.6 Å². The lowest BCUT2D eigenvalue weighted by Crippen LogP contribution is -2.23. The van der Waals surface area contributed by atoms with Crippen molar-refractivity contribution in [1.82, 2.24) is 0 Å². The van der Waals surface area contributed by atoms with Crippen LogP contribution in [-0.4, -0.2) is 31.0 Å². The third-order valence-electron chi connectivity index (χ3n) is 3.00. The van der Waals surface area contributed by atoms with Gasteiger partial charge in [-0.05, 0) is 42.5 Å². The Bertz CT molecular complexity index is 792. The van der Waals surface area contributed by atoms with E-state index in [1.54, 1.807) is 48.5 Å². The van der Waals surface area contributed by atoms with Gasteiger partial charge in [-0.15, -0.1) is 0 Å². The van der Waals surface area contributed by atoms with Crippen molar-refractivity contribution < 1.29 is 23.9 Å². The molecule has 2 aromatic rings. The molecule has 0 fully saturated rings. The van der Waals surface area contributed by atoms with E-state index in [-0.39, 0.29) is 12.5 Å². The van der Waals surface area contributed by atoms with Crippen LogP contribution in [-0.2, 0) is 19.1 Å². The van der Waals surface area contributed by atoms with Crippen LogP contribution in [0.1, 0.15) is 6.92 Å². The maximum Gasteiger partial charge on any atom is 0.344 e. The van der Waals surface area contributed by atoms with Crippen LogP contribution in [0.2, 0.25) is 5.02 Å². The van der Waals surface area contributed by atoms with Crippen LogP contribution in [0.25, 0.3) is 0 Å². The number of amides is 2. The van der Waals surface area contributed by atoms with Gasteiger partial charge >= 0.3 is 5.97 Å². The summed E-state index contributed by atoms with van der Waals surface area (Å²) in [5.41, 5.74) is 1.01. The van der Waals surface area contributed by atoms with E-state index in [0.717, 1.165) is 0 Å². The zero-order valence-corrected chi connectivity index (χ0v) is 14.7. The molecule has 2 N–H and O–H groups in total. The molecule has 2 aromatic carbocycles. The molecule has 0 saturated carbocycles. The number of hydrogen-bond acceptors (Lipinski definition) is 5. The molecule has 0 aromatic heterocycles. The van der Waals surface area contributed by atoms with Crippen LogP contribution < -0.4 is 15.4 Å². The number of hydrogen-bond donors (Lipinski definition) is 2. The number of carbonyl (C=O) groups is 3. The summed E-state index contributed by atoms with van der Waals surface area (Å²) in [6, 6.07) is 13.1. The number of nitrogens with one attached hydrogen (secondary N) is 2. The first-order valence-electron chi connectivity index (χ1n) is 7.64. The summed E-state index contributed by atoms with van der Waals surface area (Å²) in [6.07, 6.45) is 0. The maximum absolute atomic E-state index is 11.8. The largest absolute Gasteiger partial charge is 0.482 e. The summed E-state index contributed by atoms with van der Waals surface area (Å²) in [5.74, 6) is -0.944. The second-order valence-corrected chi connectivity index (χ2v) is 5.65. The van der Waals surface area contributed by atoms with Gasteiger partial charge in [-0.25, -0.2) is 4.79 Å². The average Bonchev–Trinajstić information content (AvgIpc) is 2.59. The summed E-state index contributed by atoms with van der Waals surface area (Å²) in [6.45, 7) is 0.608. The highest BCUT2D eigenvalue weighted by molar-refractivity contribution is 6.30. The Morgan fingerprint density at radius 2 is 1.62 bits per heavy atom. The summed E-state index contributed by atoms with van der Waals surface area (Å²) in [4.78, 5) is 34.5. The van der Waals surface area contributed by atoms with Crippen LogP contribution in [0.4, 0.5) is 11.4 Å². The van der Waals surface area contributed by atoms with Crippen LogP contribution in [0.15, 0.2) is 48.5 Å². The normalized spacial score (nSPS) is 9.92. The van der Waals surface area contributed by atoms with Gasteiger partial charge in [0.05, 0.1) is 0 Å². The Kier molecular flexibility index (Phi) is 6.99. The molecule has 0 bridgehead atoms. The molecule has 136 valence electrons. The predicted molar refractivity (Wildman–Crippen MR) is 97.3 cm³/mol. The fourth-order valence-electron chi connectivity index (χ4n) is 1.94. The fourth-order valence-corrected chi connectivity index (χ4v) is 2.06. The first kappa shape index (κ1) is 19.3. The average molecular weight is 377 g/mol. The first-order chi connectivity index (χ1) is 12.4. The molecule has 7 nitrogen and oxygen atoms in total. The lowest BCUT2D eigenvalue weighted by Gasteiger charge is -2.09. The van der Waals surface area contributed by atoms with Gasteiger partial charge < -0.3 is 20.1 Å². The molecule has 8 heteroatoms. The molecule has 0 aliphatic carbocycles. The standard InChI is InChI=1S/C18H17ClN2O5/c1-12(22)20-14-3-2-4-15(9-14)21-17(23)10-26-18(24)11-25-16-7-5-13(19)6-8-16/h2-9H,10-11H2,1H3,(H,20,22)(H,21,23). The number of halogens is 1. The van der Waals surface area contributed by atoms with Crippen molar-refractivity contribution in [2.45, 2.75) is 6.92 Å². The van der Waals surface area contributed by atoms with Gasteiger partial charge in [0.2, 0.25) is 5.91 Å². The topological polar surface area (TPSA) is 93.7 Å². The van der Waals surface area contributed by atoms with E-state index in [2.05, 4.69) is 10.6 Å². The zero-order chi connectivity index (χ0) is 18.9. The van der Waals surface area contributed by atoms with E-state index in [9.17, 15) is 14.4 Å². The van der Waals surface area contributed by atoms with Gasteiger partial charge in [0.15, 0.2) is 13.2 Å². The van der Waals surface area contributed by atoms with Gasteiger partial charge in [-0.2, -0.15) is 0 Å². The van der Waals surface area contributed by atoms with Gasteiger partial charge in [-0.1, -0.05) is 17.7 Å². The third kappa shape index (κ3) is 6.82. The molecule has 0 heterocycles. The Hall–Kier alpha value is -3.06. The van der Waals surface area contributed by atoms with E-state index in [1.807, 2.05) is 0 Å². The minimum absolute atomic E-state index is 0.219. The molecule has 0 spiro atoms. The highest BCUT2D eigenvalue weighted by atomic mass is 35.5. The first-order valence-corrected chi connectivity index (χ1v) is 8.01. The maximum atomic E-state index is 11.8. The Morgan fingerprint density at radius 3 is 2.27 bits per heavy atom. The summed E-state index contributed by atoms with van der Waals surface area (Å²) in [7, 11) is 0. The van der Waals surface area contributed by atoms with Crippen molar-refractivity contribution in [1.29, 1.82) is 0 Å². The number of esters is 1. The van der Waals surface area contributed by atoms with Crippen molar-refractivity contribution >= 4 is 40.8 Å². The second kappa shape index (κ2) is 9.43. The van der Waals surface area contributed by atoms with Gasteiger partial charge in [-0.3, -0.25) is 9.59 Å². The molecule has 0 saturated heterocycles. The molecular weight excluding hydrogens is 360 g/mol. The monoisotopic (exact) mass is 376 g/mol. The Morgan fingerprint density at radius 1 is 0.962 bits per heavy atom. The van der Waals surface area contributed by atoms with Crippen molar-refractivity contribution in [2.75, 3.05) is 23.8 Å². The molecule has 0 aliphatic rings. The summed E-state index contributed by atoms with van der Waals surface area (Å²) >= 11 is 5.75.